The molecule has 0 aromatic heterocycles. The van der Waals surface area contributed by atoms with Crippen LogP contribution in [0.3, 0.4) is 0 Å². The van der Waals surface area contributed by atoms with Gasteiger partial charge in [-0.15, -0.1) is 0 Å². The van der Waals surface area contributed by atoms with Crippen molar-refractivity contribution in [1.82, 2.24) is 10.2 Å². The number of benzene rings is 3. The number of hydrogen-bond acceptors (Lipinski definition) is 2. The quantitative estimate of drug-likeness (QED) is 0.495. The summed E-state index contributed by atoms with van der Waals surface area (Å²) >= 11 is 5.92. The number of carbonyl (C=O) groups is 2. The fourth-order valence-corrected chi connectivity index (χ4v) is 4.45. The summed E-state index contributed by atoms with van der Waals surface area (Å²) in [6.45, 7) is 1.39. The first-order chi connectivity index (χ1) is 16.1. The summed E-state index contributed by atoms with van der Waals surface area (Å²) in [5.74, 6) is 0.328. The van der Waals surface area contributed by atoms with Gasteiger partial charge in [-0.2, -0.15) is 0 Å². The Morgan fingerprint density at radius 1 is 0.939 bits per heavy atom. The number of hydrogen-bond donors (Lipinski definition) is 2. The standard InChI is InChI=1S/C27H28ClN3O2/c28-23-13-15-24(16-14-23)29-27(33)30-25(22-11-5-2-6-12-22)26(32)31-17-7-10-21(19-31)18-20-8-3-1-4-9-20/h1-6,8-9,11-16,21,25H,7,10,17-19H2,(H2,29,30,33)/t21?,25-/m1/s1. The monoisotopic (exact) mass is 461 g/mol. The van der Waals surface area contributed by atoms with Crippen LogP contribution in [0, 0.1) is 5.92 Å². The van der Waals surface area contributed by atoms with Crippen LogP contribution < -0.4 is 10.6 Å². The molecule has 2 atom stereocenters. The Morgan fingerprint density at radius 2 is 1.61 bits per heavy atom. The lowest BCUT2D eigenvalue weighted by Gasteiger charge is -2.35. The van der Waals surface area contributed by atoms with E-state index in [0.717, 1.165) is 24.8 Å². The molecular weight excluding hydrogens is 434 g/mol. The summed E-state index contributed by atoms with van der Waals surface area (Å²) < 4.78 is 0. The molecule has 1 aliphatic heterocycles. The average molecular weight is 462 g/mol. The van der Waals surface area contributed by atoms with Gasteiger partial charge in [0.15, 0.2) is 0 Å². The summed E-state index contributed by atoms with van der Waals surface area (Å²) in [6, 6.07) is 25.5. The predicted octanol–water partition coefficient (Wildman–Crippen LogP) is 5.68. The molecule has 0 saturated carbocycles. The SMILES string of the molecule is O=C(Nc1ccc(Cl)cc1)N[C@@H](C(=O)N1CCCC(Cc2ccccc2)C1)c1ccccc1. The van der Waals surface area contributed by atoms with Crippen molar-refractivity contribution in [1.29, 1.82) is 0 Å². The molecule has 3 aromatic carbocycles. The van der Waals surface area contributed by atoms with Crippen LogP contribution in [0.15, 0.2) is 84.9 Å². The molecule has 5 nitrogen and oxygen atoms in total. The molecule has 1 heterocycles. The van der Waals surface area contributed by atoms with Gasteiger partial charge in [0.25, 0.3) is 0 Å². The van der Waals surface area contributed by atoms with Crippen LogP contribution in [-0.4, -0.2) is 29.9 Å². The molecule has 1 aliphatic rings. The van der Waals surface area contributed by atoms with Crippen molar-refractivity contribution < 1.29 is 9.59 Å². The van der Waals surface area contributed by atoms with E-state index in [0.29, 0.717) is 29.7 Å². The third-order valence-electron chi connectivity index (χ3n) is 5.96. The van der Waals surface area contributed by atoms with E-state index in [2.05, 4.69) is 34.9 Å². The molecule has 0 aliphatic carbocycles. The van der Waals surface area contributed by atoms with E-state index in [9.17, 15) is 9.59 Å². The number of carbonyl (C=O) groups excluding carboxylic acids is 2. The van der Waals surface area contributed by atoms with E-state index in [1.165, 1.54) is 5.56 Å². The van der Waals surface area contributed by atoms with Gasteiger partial charge in [-0.3, -0.25) is 4.79 Å². The number of amides is 3. The van der Waals surface area contributed by atoms with Crippen LogP contribution in [0.2, 0.25) is 5.02 Å². The van der Waals surface area contributed by atoms with Gasteiger partial charge in [-0.1, -0.05) is 72.3 Å². The number of anilines is 1. The molecule has 6 heteroatoms. The summed E-state index contributed by atoms with van der Waals surface area (Å²) in [5, 5.41) is 6.26. The Labute approximate surface area is 199 Å². The molecule has 170 valence electrons. The second kappa shape index (κ2) is 11.0. The predicted molar refractivity (Wildman–Crippen MR) is 132 cm³/mol. The van der Waals surface area contributed by atoms with Crippen molar-refractivity contribution in [3.05, 3.63) is 101 Å². The highest BCUT2D eigenvalue weighted by Crippen LogP contribution is 2.25. The first-order valence-electron chi connectivity index (χ1n) is 11.3. The number of piperidine rings is 1. The third kappa shape index (κ3) is 6.36. The van der Waals surface area contributed by atoms with Crippen LogP contribution in [0.5, 0.6) is 0 Å². The number of halogens is 1. The minimum atomic E-state index is -0.756. The maximum atomic E-state index is 13.6. The molecule has 1 saturated heterocycles. The molecule has 1 unspecified atom stereocenters. The highest BCUT2D eigenvalue weighted by atomic mass is 35.5. The number of likely N-dealkylation sites (tertiary alicyclic amines) is 1. The zero-order valence-electron chi connectivity index (χ0n) is 18.4. The lowest BCUT2D eigenvalue weighted by atomic mass is 9.90. The van der Waals surface area contributed by atoms with E-state index in [1.54, 1.807) is 24.3 Å². The average Bonchev–Trinajstić information content (AvgIpc) is 2.85. The van der Waals surface area contributed by atoms with E-state index >= 15 is 0 Å². The largest absolute Gasteiger partial charge is 0.340 e. The van der Waals surface area contributed by atoms with Gasteiger partial charge in [-0.05, 0) is 60.6 Å². The minimum absolute atomic E-state index is 0.0785. The topological polar surface area (TPSA) is 61.4 Å². The molecule has 33 heavy (non-hydrogen) atoms. The van der Waals surface area contributed by atoms with Gasteiger partial charge in [0.05, 0.1) is 0 Å². The second-order valence-electron chi connectivity index (χ2n) is 8.43. The van der Waals surface area contributed by atoms with E-state index < -0.39 is 12.1 Å². The van der Waals surface area contributed by atoms with E-state index in [4.69, 9.17) is 11.6 Å². The highest BCUT2D eigenvalue weighted by Gasteiger charge is 2.31. The van der Waals surface area contributed by atoms with Crippen molar-refractivity contribution in [2.24, 2.45) is 5.92 Å². The van der Waals surface area contributed by atoms with Crippen LogP contribution in [-0.2, 0) is 11.2 Å². The smallest absolute Gasteiger partial charge is 0.320 e. The maximum Gasteiger partial charge on any atom is 0.320 e. The Kier molecular flexibility index (Phi) is 7.63. The third-order valence-corrected chi connectivity index (χ3v) is 6.21. The lowest BCUT2D eigenvalue weighted by molar-refractivity contribution is -0.135. The van der Waals surface area contributed by atoms with Crippen molar-refractivity contribution >= 4 is 29.2 Å². The molecule has 4 rings (SSSR count). The minimum Gasteiger partial charge on any atom is -0.340 e. The Hall–Kier alpha value is -3.31. The molecule has 3 aromatic rings. The first kappa shape index (κ1) is 22.9. The van der Waals surface area contributed by atoms with Crippen LogP contribution in [0.1, 0.15) is 30.0 Å². The Bertz CT molecular complexity index is 1060. The molecular formula is C27H28ClN3O2. The summed E-state index contributed by atoms with van der Waals surface area (Å²) in [7, 11) is 0. The van der Waals surface area contributed by atoms with Crippen LogP contribution in [0.25, 0.3) is 0 Å². The number of rotatable bonds is 6. The maximum absolute atomic E-state index is 13.6. The van der Waals surface area contributed by atoms with E-state index in [1.807, 2.05) is 41.3 Å². The van der Waals surface area contributed by atoms with E-state index in [-0.39, 0.29) is 5.91 Å². The highest BCUT2D eigenvalue weighted by molar-refractivity contribution is 6.30. The summed E-state index contributed by atoms with van der Waals surface area (Å²) in [6.07, 6.45) is 3.01. The first-order valence-corrected chi connectivity index (χ1v) is 11.7. The number of urea groups is 1. The lowest BCUT2D eigenvalue weighted by Crippen LogP contribution is -2.48. The van der Waals surface area contributed by atoms with Crippen LogP contribution in [0.4, 0.5) is 10.5 Å². The normalized spacial score (nSPS) is 16.6. The summed E-state index contributed by atoms with van der Waals surface area (Å²) in [5.41, 5.74) is 2.66. The van der Waals surface area contributed by atoms with Gasteiger partial charge < -0.3 is 15.5 Å². The fraction of sp³-hybridized carbons (Fsp3) is 0.259. The van der Waals surface area contributed by atoms with Gasteiger partial charge >= 0.3 is 6.03 Å². The zero-order chi connectivity index (χ0) is 23.0. The fourth-order valence-electron chi connectivity index (χ4n) is 4.33. The molecule has 0 bridgehead atoms. The molecule has 0 radical (unpaired) electrons. The van der Waals surface area contributed by atoms with Crippen LogP contribution >= 0.6 is 11.6 Å². The molecule has 1 fully saturated rings. The van der Waals surface area contributed by atoms with Gasteiger partial charge in [0.2, 0.25) is 5.91 Å². The van der Waals surface area contributed by atoms with Gasteiger partial charge in [0.1, 0.15) is 6.04 Å². The summed E-state index contributed by atoms with van der Waals surface area (Å²) in [4.78, 5) is 28.2. The van der Waals surface area contributed by atoms with Crippen molar-refractivity contribution in [2.75, 3.05) is 18.4 Å². The van der Waals surface area contributed by atoms with Crippen molar-refractivity contribution in [3.8, 4) is 0 Å². The zero-order valence-corrected chi connectivity index (χ0v) is 19.2. The Balaban J connectivity index is 1.46. The van der Waals surface area contributed by atoms with Gasteiger partial charge in [0, 0.05) is 23.8 Å². The van der Waals surface area contributed by atoms with Crippen molar-refractivity contribution in [3.63, 3.8) is 0 Å². The van der Waals surface area contributed by atoms with Crippen molar-refractivity contribution in [2.45, 2.75) is 25.3 Å². The molecule has 2 N–H and O–H groups in total. The Morgan fingerprint density at radius 3 is 2.30 bits per heavy atom. The van der Waals surface area contributed by atoms with Gasteiger partial charge in [-0.25, -0.2) is 4.79 Å². The molecule has 0 spiro atoms. The second-order valence-corrected chi connectivity index (χ2v) is 8.87. The number of nitrogens with one attached hydrogen (secondary N) is 2. The molecule has 3 amide bonds. The number of nitrogens with zero attached hydrogens (tertiary/aromatic N) is 1.